The Kier molecular flexibility index (Phi) is 3.60. The fraction of sp³-hybridized carbons (Fsp3) is 0.294. The molecule has 2 unspecified atom stereocenters. The number of rotatable bonds is 3. The van der Waals surface area contributed by atoms with Crippen LogP contribution < -0.4 is 0 Å². The maximum atomic E-state index is 12.7. The molecule has 3 aromatic rings. The van der Waals surface area contributed by atoms with Crippen LogP contribution in [0.4, 0.5) is 0 Å². The lowest BCUT2D eigenvalue weighted by molar-refractivity contribution is 0.0783. The fourth-order valence-electron chi connectivity index (χ4n) is 3.26. The summed E-state index contributed by atoms with van der Waals surface area (Å²) in [6.07, 6.45) is 3.06. The van der Waals surface area contributed by atoms with Crippen molar-refractivity contribution < 1.29 is 9.32 Å². The number of hydrogen-bond donors (Lipinski definition) is 1. The smallest absolute Gasteiger partial charge is 0.271 e. The van der Waals surface area contributed by atoms with Crippen LogP contribution in [0.5, 0.6) is 0 Å². The maximum Gasteiger partial charge on any atom is 0.271 e. The van der Waals surface area contributed by atoms with Crippen LogP contribution in [0.25, 0.3) is 0 Å². The lowest BCUT2D eigenvalue weighted by Crippen LogP contribution is -2.29. The van der Waals surface area contributed by atoms with Crippen LogP contribution in [0.3, 0.4) is 0 Å². The Hall–Kier alpha value is -2.96. The fourth-order valence-corrected chi connectivity index (χ4v) is 3.26. The topological polar surface area (TPSA) is 87.9 Å². The van der Waals surface area contributed by atoms with Crippen LogP contribution >= 0.6 is 0 Å². The van der Waals surface area contributed by atoms with E-state index in [1.54, 1.807) is 13.1 Å². The second kappa shape index (κ2) is 5.92. The van der Waals surface area contributed by atoms with Gasteiger partial charge in [-0.2, -0.15) is 4.98 Å². The number of likely N-dealkylation sites (tertiary alicyclic amines) is 1. The molecule has 122 valence electrons. The quantitative estimate of drug-likeness (QED) is 0.797. The van der Waals surface area contributed by atoms with Gasteiger partial charge in [-0.15, -0.1) is 0 Å². The SMILES string of the molecule is Cc1noc(C2CN(C(=O)c3cnc[nH]3)CC2c2ccccc2)n1. The number of nitrogens with zero attached hydrogens (tertiary/aromatic N) is 4. The van der Waals surface area contributed by atoms with Gasteiger partial charge >= 0.3 is 0 Å². The van der Waals surface area contributed by atoms with Crippen molar-refractivity contribution in [2.75, 3.05) is 13.1 Å². The van der Waals surface area contributed by atoms with E-state index in [0.717, 1.165) is 0 Å². The summed E-state index contributed by atoms with van der Waals surface area (Å²) >= 11 is 0. The molecule has 7 heteroatoms. The minimum atomic E-state index is -0.0628. The van der Waals surface area contributed by atoms with E-state index >= 15 is 0 Å². The van der Waals surface area contributed by atoms with Gasteiger partial charge in [-0.1, -0.05) is 35.5 Å². The number of carbonyl (C=O) groups excluding carboxylic acids is 1. The van der Waals surface area contributed by atoms with Crippen LogP contribution in [-0.4, -0.2) is 44.0 Å². The van der Waals surface area contributed by atoms with E-state index in [1.165, 1.54) is 11.9 Å². The van der Waals surface area contributed by atoms with Crippen LogP contribution in [0.2, 0.25) is 0 Å². The molecule has 0 saturated carbocycles. The summed E-state index contributed by atoms with van der Waals surface area (Å²) in [5.41, 5.74) is 1.66. The van der Waals surface area contributed by atoms with Crippen molar-refractivity contribution in [3.8, 4) is 0 Å². The number of aromatic amines is 1. The molecule has 1 fully saturated rings. The molecule has 3 heterocycles. The van der Waals surface area contributed by atoms with Crippen molar-refractivity contribution >= 4 is 5.91 Å². The van der Waals surface area contributed by atoms with Gasteiger partial charge in [0.2, 0.25) is 5.89 Å². The number of H-pyrrole nitrogens is 1. The van der Waals surface area contributed by atoms with E-state index in [0.29, 0.717) is 30.5 Å². The number of amides is 1. The van der Waals surface area contributed by atoms with Gasteiger partial charge in [0, 0.05) is 19.0 Å². The third-order valence-electron chi connectivity index (χ3n) is 4.42. The monoisotopic (exact) mass is 323 g/mol. The van der Waals surface area contributed by atoms with Gasteiger partial charge in [-0.05, 0) is 12.5 Å². The highest BCUT2D eigenvalue weighted by Gasteiger charge is 2.40. The standard InChI is InChI=1S/C17H17N5O2/c1-11-20-16(24-21-11)14-9-22(17(23)15-7-18-10-19-15)8-13(14)12-5-3-2-4-6-12/h2-7,10,13-14H,8-9H2,1H3,(H,18,19). The summed E-state index contributed by atoms with van der Waals surface area (Å²) in [5, 5.41) is 3.90. The van der Waals surface area contributed by atoms with Crippen LogP contribution in [0, 0.1) is 6.92 Å². The van der Waals surface area contributed by atoms with Crippen molar-refractivity contribution in [1.29, 1.82) is 0 Å². The van der Waals surface area contributed by atoms with Gasteiger partial charge in [0.05, 0.1) is 18.4 Å². The highest BCUT2D eigenvalue weighted by molar-refractivity contribution is 5.92. The summed E-state index contributed by atoms with van der Waals surface area (Å²) in [6, 6.07) is 10.1. The number of carbonyl (C=O) groups is 1. The largest absolute Gasteiger partial charge is 0.341 e. The normalized spacial score (nSPS) is 20.5. The van der Waals surface area contributed by atoms with Crippen molar-refractivity contribution in [3.63, 3.8) is 0 Å². The summed E-state index contributed by atoms with van der Waals surface area (Å²) < 4.78 is 5.40. The van der Waals surface area contributed by atoms with Crippen LogP contribution in [-0.2, 0) is 0 Å². The average molecular weight is 323 g/mol. The van der Waals surface area contributed by atoms with E-state index < -0.39 is 0 Å². The minimum Gasteiger partial charge on any atom is -0.341 e. The van der Waals surface area contributed by atoms with Gasteiger partial charge in [-0.25, -0.2) is 4.98 Å². The van der Waals surface area contributed by atoms with Crippen LogP contribution in [0.1, 0.15) is 39.6 Å². The molecule has 4 rings (SSSR count). The van der Waals surface area contributed by atoms with Crippen molar-refractivity contribution in [2.45, 2.75) is 18.8 Å². The van der Waals surface area contributed by atoms with Crippen molar-refractivity contribution in [3.05, 3.63) is 65.8 Å². The lowest BCUT2D eigenvalue weighted by atomic mass is 9.89. The molecule has 1 aromatic carbocycles. The molecular weight excluding hydrogens is 306 g/mol. The van der Waals surface area contributed by atoms with E-state index in [2.05, 4.69) is 32.2 Å². The first-order chi connectivity index (χ1) is 11.7. The van der Waals surface area contributed by atoms with Crippen molar-refractivity contribution in [2.24, 2.45) is 0 Å². The maximum absolute atomic E-state index is 12.7. The minimum absolute atomic E-state index is 0.0135. The summed E-state index contributed by atoms with van der Waals surface area (Å²) in [6.45, 7) is 2.94. The molecule has 1 amide bonds. The molecular formula is C17H17N5O2. The second-order valence-electron chi connectivity index (χ2n) is 5.98. The van der Waals surface area contributed by atoms with Gasteiger partial charge in [0.15, 0.2) is 5.82 Å². The highest BCUT2D eigenvalue weighted by Crippen LogP contribution is 2.39. The first-order valence-corrected chi connectivity index (χ1v) is 7.85. The Bertz CT molecular complexity index is 828. The number of aromatic nitrogens is 4. The Morgan fingerprint density at radius 3 is 2.71 bits per heavy atom. The highest BCUT2D eigenvalue weighted by atomic mass is 16.5. The first kappa shape index (κ1) is 14.6. The molecule has 0 spiro atoms. The molecule has 24 heavy (non-hydrogen) atoms. The molecule has 0 radical (unpaired) electrons. The molecule has 1 aliphatic heterocycles. The third kappa shape index (κ3) is 2.58. The predicted molar refractivity (Wildman–Crippen MR) is 85.5 cm³/mol. The zero-order valence-electron chi connectivity index (χ0n) is 13.2. The van der Waals surface area contributed by atoms with Gasteiger partial charge in [-0.3, -0.25) is 4.79 Å². The molecule has 1 aliphatic rings. The number of hydrogen-bond acceptors (Lipinski definition) is 5. The van der Waals surface area contributed by atoms with Gasteiger partial charge < -0.3 is 14.4 Å². The number of aryl methyl sites for hydroxylation is 1. The number of imidazole rings is 1. The first-order valence-electron chi connectivity index (χ1n) is 7.85. The van der Waals surface area contributed by atoms with Gasteiger partial charge in [0.25, 0.3) is 5.91 Å². The number of benzene rings is 1. The Morgan fingerprint density at radius 1 is 1.25 bits per heavy atom. The molecule has 1 N–H and O–H groups in total. The Labute approximate surface area is 138 Å². The second-order valence-corrected chi connectivity index (χ2v) is 5.98. The molecule has 2 atom stereocenters. The van der Waals surface area contributed by atoms with E-state index in [4.69, 9.17) is 4.52 Å². The van der Waals surface area contributed by atoms with E-state index in [9.17, 15) is 4.79 Å². The average Bonchev–Trinajstić information content (AvgIpc) is 3.35. The third-order valence-corrected chi connectivity index (χ3v) is 4.42. The predicted octanol–water partition coefficient (Wildman–Crippen LogP) is 2.12. The molecule has 2 aromatic heterocycles. The summed E-state index contributed by atoms with van der Waals surface area (Å²) in [5.74, 6) is 1.24. The van der Waals surface area contributed by atoms with Gasteiger partial charge in [0.1, 0.15) is 5.69 Å². The van der Waals surface area contributed by atoms with E-state index in [1.807, 2.05) is 23.1 Å². The summed E-state index contributed by atoms with van der Waals surface area (Å²) in [7, 11) is 0. The number of nitrogens with one attached hydrogen (secondary N) is 1. The Balaban J connectivity index is 1.66. The van der Waals surface area contributed by atoms with Crippen LogP contribution in [0.15, 0.2) is 47.4 Å². The molecule has 0 aliphatic carbocycles. The zero-order chi connectivity index (χ0) is 16.5. The molecule has 7 nitrogen and oxygen atoms in total. The Morgan fingerprint density at radius 2 is 2.04 bits per heavy atom. The van der Waals surface area contributed by atoms with E-state index in [-0.39, 0.29) is 17.7 Å². The summed E-state index contributed by atoms with van der Waals surface area (Å²) in [4.78, 5) is 25.7. The van der Waals surface area contributed by atoms with Crippen molar-refractivity contribution in [1.82, 2.24) is 25.0 Å². The lowest BCUT2D eigenvalue weighted by Gasteiger charge is -2.15. The molecule has 0 bridgehead atoms. The molecule has 1 saturated heterocycles. The zero-order valence-corrected chi connectivity index (χ0v) is 13.2.